The maximum absolute atomic E-state index is 12.7. The summed E-state index contributed by atoms with van der Waals surface area (Å²) in [5, 5.41) is 12.5. The molecule has 1 heterocycles. The Kier molecular flexibility index (Phi) is 6.03. The van der Waals surface area contributed by atoms with Crippen molar-refractivity contribution in [3.8, 4) is 0 Å². The molecule has 1 aromatic heterocycles. The number of anilines is 3. The predicted molar refractivity (Wildman–Crippen MR) is 111 cm³/mol. The van der Waals surface area contributed by atoms with Gasteiger partial charge in [-0.2, -0.15) is 0 Å². The standard InChI is InChI=1S/C20H18N4O3S/c1-21-20(27)23-14-10-8-13(9-11-14)22-18(25)15-5-2-3-6-16(15)24-19(26)17-7-4-12-28-17/h2-12H,1H3,(H,22,25)(H,24,26)(H2,21,23,27). The third-order valence-electron chi connectivity index (χ3n) is 3.79. The summed E-state index contributed by atoms with van der Waals surface area (Å²) in [6.45, 7) is 0. The van der Waals surface area contributed by atoms with Gasteiger partial charge in [0.25, 0.3) is 11.8 Å². The summed E-state index contributed by atoms with van der Waals surface area (Å²) >= 11 is 1.33. The number of thiophene rings is 1. The van der Waals surface area contributed by atoms with Gasteiger partial charge in [-0.05, 0) is 47.8 Å². The fraction of sp³-hybridized carbons (Fsp3) is 0.0500. The minimum absolute atomic E-state index is 0.264. The van der Waals surface area contributed by atoms with Gasteiger partial charge in [0.1, 0.15) is 0 Å². The molecular weight excluding hydrogens is 376 g/mol. The van der Waals surface area contributed by atoms with E-state index in [1.165, 1.54) is 18.4 Å². The van der Waals surface area contributed by atoms with E-state index in [2.05, 4.69) is 21.3 Å². The van der Waals surface area contributed by atoms with Gasteiger partial charge in [0, 0.05) is 18.4 Å². The van der Waals surface area contributed by atoms with Gasteiger partial charge >= 0.3 is 6.03 Å². The first-order valence-corrected chi connectivity index (χ1v) is 9.29. The molecule has 0 atom stereocenters. The highest BCUT2D eigenvalue weighted by atomic mass is 32.1. The molecule has 4 amide bonds. The molecule has 28 heavy (non-hydrogen) atoms. The second-order valence-corrected chi connectivity index (χ2v) is 6.66. The lowest BCUT2D eigenvalue weighted by molar-refractivity contribution is 0.102. The summed E-state index contributed by atoms with van der Waals surface area (Å²) in [7, 11) is 1.53. The zero-order valence-electron chi connectivity index (χ0n) is 15.0. The number of rotatable bonds is 5. The minimum Gasteiger partial charge on any atom is -0.341 e. The van der Waals surface area contributed by atoms with Crippen molar-refractivity contribution >= 4 is 46.2 Å². The van der Waals surface area contributed by atoms with Crippen LogP contribution in [0.4, 0.5) is 21.9 Å². The van der Waals surface area contributed by atoms with E-state index in [1.807, 2.05) is 5.38 Å². The smallest absolute Gasteiger partial charge is 0.318 e. The number of hydrogen-bond acceptors (Lipinski definition) is 4. The number of benzene rings is 2. The molecular formula is C20H18N4O3S. The zero-order valence-corrected chi connectivity index (χ0v) is 15.8. The van der Waals surface area contributed by atoms with Crippen LogP contribution in [0.1, 0.15) is 20.0 Å². The summed E-state index contributed by atoms with van der Waals surface area (Å²) < 4.78 is 0. The molecule has 142 valence electrons. The summed E-state index contributed by atoms with van der Waals surface area (Å²) in [6, 6.07) is 16.7. The molecule has 0 saturated heterocycles. The van der Waals surface area contributed by atoms with Crippen molar-refractivity contribution in [2.45, 2.75) is 0 Å². The lowest BCUT2D eigenvalue weighted by Gasteiger charge is -2.11. The molecule has 0 aliphatic heterocycles. The number of amides is 4. The third-order valence-corrected chi connectivity index (χ3v) is 4.66. The maximum atomic E-state index is 12.7. The predicted octanol–water partition coefficient (Wildman–Crippen LogP) is 4.00. The van der Waals surface area contributed by atoms with Gasteiger partial charge in [-0.15, -0.1) is 11.3 Å². The summed E-state index contributed by atoms with van der Waals surface area (Å²) in [6.07, 6.45) is 0. The number of carbonyl (C=O) groups is 3. The average molecular weight is 394 g/mol. The van der Waals surface area contributed by atoms with Crippen LogP contribution in [0.3, 0.4) is 0 Å². The molecule has 0 spiro atoms. The van der Waals surface area contributed by atoms with Gasteiger partial charge in [0.15, 0.2) is 0 Å². The molecule has 0 fully saturated rings. The second kappa shape index (κ2) is 8.83. The number of urea groups is 1. The molecule has 3 rings (SSSR count). The highest BCUT2D eigenvalue weighted by Crippen LogP contribution is 2.20. The Morgan fingerprint density at radius 1 is 0.750 bits per heavy atom. The van der Waals surface area contributed by atoms with Gasteiger partial charge in [-0.1, -0.05) is 18.2 Å². The summed E-state index contributed by atoms with van der Waals surface area (Å²) in [5.74, 6) is -0.617. The Labute approximate surface area is 165 Å². The Bertz CT molecular complexity index is 985. The fourth-order valence-electron chi connectivity index (χ4n) is 2.41. The molecule has 3 aromatic rings. The largest absolute Gasteiger partial charge is 0.341 e. The van der Waals surface area contributed by atoms with Gasteiger partial charge in [0.2, 0.25) is 0 Å². The van der Waals surface area contributed by atoms with E-state index >= 15 is 0 Å². The second-order valence-electron chi connectivity index (χ2n) is 5.71. The van der Waals surface area contributed by atoms with Gasteiger partial charge in [0.05, 0.1) is 16.1 Å². The number of para-hydroxylation sites is 1. The Morgan fingerprint density at radius 3 is 2.07 bits per heavy atom. The minimum atomic E-state index is -0.353. The van der Waals surface area contributed by atoms with E-state index in [-0.39, 0.29) is 17.8 Å². The first-order chi connectivity index (χ1) is 13.6. The van der Waals surface area contributed by atoms with Crippen LogP contribution in [-0.2, 0) is 0 Å². The van der Waals surface area contributed by atoms with E-state index in [9.17, 15) is 14.4 Å². The molecule has 0 radical (unpaired) electrons. The molecule has 7 nitrogen and oxygen atoms in total. The molecule has 4 N–H and O–H groups in total. The number of nitrogens with one attached hydrogen (secondary N) is 4. The lowest BCUT2D eigenvalue weighted by atomic mass is 10.1. The summed E-state index contributed by atoms with van der Waals surface area (Å²) in [4.78, 5) is 36.8. The van der Waals surface area contributed by atoms with Crippen molar-refractivity contribution in [3.05, 3.63) is 76.5 Å². The monoisotopic (exact) mass is 394 g/mol. The van der Waals surface area contributed by atoms with Crippen LogP contribution < -0.4 is 21.3 Å². The van der Waals surface area contributed by atoms with Crippen LogP contribution in [0.5, 0.6) is 0 Å². The summed E-state index contributed by atoms with van der Waals surface area (Å²) in [5.41, 5.74) is 1.93. The van der Waals surface area contributed by atoms with E-state index in [4.69, 9.17) is 0 Å². The fourth-order valence-corrected chi connectivity index (χ4v) is 3.03. The quantitative estimate of drug-likeness (QED) is 0.526. The molecule has 2 aromatic carbocycles. The molecule has 0 aliphatic carbocycles. The van der Waals surface area contributed by atoms with Crippen LogP contribution >= 0.6 is 11.3 Å². The molecule has 8 heteroatoms. The number of carbonyl (C=O) groups excluding carboxylic acids is 3. The topological polar surface area (TPSA) is 99.3 Å². The van der Waals surface area contributed by atoms with Gasteiger partial charge in [-0.25, -0.2) is 4.79 Å². The first-order valence-electron chi connectivity index (χ1n) is 8.41. The van der Waals surface area contributed by atoms with Crippen LogP contribution in [0.15, 0.2) is 66.0 Å². The van der Waals surface area contributed by atoms with Crippen molar-refractivity contribution in [3.63, 3.8) is 0 Å². The van der Waals surface area contributed by atoms with Crippen LogP contribution in [0.2, 0.25) is 0 Å². The SMILES string of the molecule is CNC(=O)Nc1ccc(NC(=O)c2ccccc2NC(=O)c2cccs2)cc1. The van der Waals surface area contributed by atoms with Crippen LogP contribution in [-0.4, -0.2) is 24.9 Å². The van der Waals surface area contributed by atoms with Gasteiger partial charge in [-0.3, -0.25) is 9.59 Å². The highest BCUT2D eigenvalue weighted by Gasteiger charge is 2.15. The third kappa shape index (κ3) is 4.74. The van der Waals surface area contributed by atoms with E-state index in [0.717, 1.165) is 0 Å². The molecule has 0 saturated carbocycles. The number of hydrogen-bond donors (Lipinski definition) is 4. The molecule has 0 aliphatic rings. The van der Waals surface area contributed by atoms with Crippen molar-refractivity contribution < 1.29 is 14.4 Å². The molecule has 0 bridgehead atoms. The van der Waals surface area contributed by atoms with Crippen molar-refractivity contribution in [1.29, 1.82) is 0 Å². The maximum Gasteiger partial charge on any atom is 0.318 e. The Hall–Kier alpha value is -3.65. The first kappa shape index (κ1) is 19.1. The van der Waals surface area contributed by atoms with Crippen LogP contribution in [0, 0.1) is 0 Å². The lowest BCUT2D eigenvalue weighted by Crippen LogP contribution is -2.24. The van der Waals surface area contributed by atoms with Gasteiger partial charge < -0.3 is 21.3 Å². The van der Waals surface area contributed by atoms with E-state index < -0.39 is 0 Å². The van der Waals surface area contributed by atoms with E-state index in [0.29, 0.717) is 27.5 Å². The highest BCUT2D eigenvalue weighted by molar-refractivity contribution is 7.12. The Morgan fingerprint density at radius 2 is 1.43 bits per heavy atom. The zero-order chi connectivity index (χ0) is 19.9. The van der Waals surface area contributed by atoms with Crippen molar-refractivity contribution in [1.82, 2.24) is 5.32 Å². The van der Waals surface area contributed by atoms with Crippen molar-refractivity contribution in [2.24, 2.45) is 0 Å². The van der Waals surface area contributed by atoms with Crippen LogP contribution in [0.25, 0.3) is 0 Å². The Balaban J connectivity index is 1.71. The van der Waals surface area contributed by atoms with E-state index in [1.54, 1.807) is 60.7 Å². The van der Waals surface area contributed by atoms with Crippen molar-refractivity contribution in [2.75, 3.05) is 23.0 Å². The normalized spacial score (nSPS) is 10.0. The average Bonchev–Trinajstić information content (AvgIpc) is 3.25. The molecule has 0 unspecified atom stereocenters.